The van der Waals surface area contributed by atoms with Gasteiger partial charge in [0, 0.05) is 30.4 Å². The Balaban J connectivity index is 1.51. The van der Waals surface area contributed by atoms with Gasteiger partial charge >= 0.3 is 0 Å². The average molecular weight is 466 g/mol. The maximum atomic E-state index is 13.8. The molecule has 1 amide bonds. The Kier molecular flexibility index (Phi) is 5.68. The van der Waals surface area contributed by atoms with E-state index in [1.54, 1.807) is 4.90 Å². The first-order chi connectivity index (χ1) is 16.8. The summed E-state index contributed by atoms with van der Waals surface area (Å²) in [5, 5.41) is 9.45. The molecule has 2 aromatic carbocycles. The lowest BCUT2D eigenvalue weighted by molar-refractivity contribution is 0.0786. The van der Waals surface area contributed by atoms with Crippen LogP contribution in [0.5, 0.6) is 0 Å². The molecule has 0 unspecified atom stereocenters. The highest BCUT2D eigenvalue weighted by atomic mass is 16.5. The lowest BCUT2D eigenvalue weighted by Crippen LogP contribution is -2.27. The van der Waals surface area contributed by atoms with Gasteiger partial charge in [-0.05, 0) is 45.9 Å². The predicted molar refractivity (Wildman–Crippen MR) is 136 cm³/mol. The molecule has 3 heterocycles. The zero-order chi connectivity index (χ0) is 24.7. The third kappa shape index (κ3) is 4.10. The van der Waals surface area contributed by atoms with Crippen LogP contribution >= 0.6 is 0 Å². The Morgan fingerprint density at radius 2 is 1.69 bits per heavy atom. The quantitative estimate of drug-likeness (QED) is 0.339. The summed E-state index contributed by atoms with van der Waals surface area (Å²) in [5.41, 5.74) is 8.20. The molecule has 7 nitrogen and oxygen atoms in total. The Morgan fingerprint density at radius 3 is 2.40 bits per heavy atom. The highest BCUT2D eigenvalue weighted by Crippen LogP contribution is 2.29. The van der Waals surface area contributed by atoms with E-state index in [4.69, 9.17) is 9.62 Å². The Morgan fingerprint density at radius 1 is 0.971 bits per heavy atom. The van der Waals surface area contributed by atoms with E-state index in [9.17, 15) is 4.79 Å². The minimum Gasteiger partial charge on any atom is -0.337 e. The van der Waals surface area contributed by atoms with Crippen molar-refractivity contribution in [3.63, 3.8) is 0 Å². The van der Waals surface area contributed by atoms with Crippen LogP contribution in [0, 0.1) is 27.7 Å². The summed E-state index contributed by atoms with van der Waals surface area (Å²) < 4.78 is 7.39. The minimum absolute atomic E-state index is 0.122. The molecular formula is C28H27N5O2. The number of aryl methyl sites for hydroxylation is 3. The molecule has 0 saturated carbocycles. The first kappa shape index (κ1) is 22.5. The molecule has 0 saturated heterocycles. The van der Waals surface area contributed by atoms with Crippen LogP contribution in [-0.4, -0.2) is 37.8 Å². The molecule has 0 aliphatic heterocycles. The number of carbonyl (C=O) groups is 1. The number of pyridine rings is 1. The van der Waals surface area contributed by atoms with E-state index in [1.807, 2.05) is 100 Å². The molecule has 0 spiro atoms. The van der Waals surface area contributed by atoms with Crippen molar-refractivity contribution in [1.29, 1.82) is 0 Å². The standard InChI is InChI=1S/C28H27N5O2/c1-17-11-13-21(14-12-17)25-15-23(26-19(3)31-35-27(26)29-25)28(34)32(5)16-24-18(2)30-33(20(24)4)22-9-7-6-8-10-22/h6-15H,16H2,1-5H3. The molecule has 0 fully saturated rings. The molecule has 5 aromatic rings. The number of aromatic nitrogens is 4. The average Bonchev–Trinajstić information content (AvgIpc) is 3.38. The summed E-state index contributed by atoms with van der Waals surface area (Å²) in [5.74, 6) is -0.122. The molecule has 0 aliphatic rings. The topological polar surface area (TPSA) is 77.0 Å². The molecule has 0 radical (unpaired) electrons. The van der Waals surface area contributed by atoms with Gasteiger partial charge in [-0.15, -0.1) is 0 Å². The number of nitrogens with zero attached hydrogens (tertiary/aromatic N) is 5. The van der Waals surface area contributed by atoms with Gasteiger partial charge in [0.25, 0.3) is 11.6 Å². The lowest BCUT2D eigenvalue weighted by Gasteiger charge is -2.18. The second kappa shape index (κ2) is 8.83. The fourth-order valence-electron chi connectivity index (χ4n) is 4.37. The molecule has 3 aromatic heterocycles. The molecule has 5 rings (SSSR count). The van der Waals surface area contributed by atoms with Crippen molar-refractivity contribution >= 4 is 17.0 Å². The van der Waals surface area contributed by atoms with Crippen molar-refractivity contribution in [3.05, 3.63) is 94.4 Å². The maximum Gasteiger partial charge on any atom is 0.259 e. The van der Waals surface area contributed by atoms with Gasteiger partial charge in [0.15, 0.2) is 0 Å². The van der Waals surface area contributed by atoms with Crippen molar-refractivity contribution in [3.8, 4) is 16.9 Å². The Hall–Kier alpha value is -4.26. The third-order valence-corrected chi connectivity index (χ3v) is 6.38. The molecule has 176 valence electrons. The van der Waals surface area contributed by atoms with Gasteiger partial charge in [-0.2, -0.15) is 5.10 Å². The van der Waals surface area contributed by atoms with Gasteiger partial charge < -0.3 is 9.42 Å². The fourth-order valence-corrected chi connectivity index (χ4v) is 4.37. The summed E-state index contributed by atoms with van der Waals surface area (Å²) in [4.78, 5) is 20.1. The van der Waals surface area contributed by atoms with Gasteiger partial charge in [0.2, 0.25) is 0 Å². The zero-order valence-corrected chi connectivity index (χ0v) is 20.5. The second-order valence-electron chi connectivity index (χ2n) is 8.93. The van der Waals surface area contributed by atoms with Crippen LogP contribution in [0.2, 0.25) is 0 Å². The maximum absolute atomic E-state index is 13.8. The summed E-state index contributed by atoms with van der Waals surface area (Å²) >= 11 is 0. The molecule has 0 N–H and O–H groups in total. The van der Waals surface area contributed by atoms with E-state index >= 15 is 0 Å². The SMILES string of the molecule is Cc1ccc(-c2cc(C(=O)N(C)Cc3c(C)nn(-c4ccccc4)c3C)c3c(C)noc3n2)cc1. The molecule has 35 heavy (non-hydrogen) atoms. The number of rotatable bonds is 5. The number of amides is 1. The fraction of sp³-hybridized carbons (Fsp3) is 0.214. The highest BCUT2D eigenvalue weighted by Gasteiger charge is 2.24. The normalized spacial score (nSPS) is 11.2. The van der Waals surface area contributed by atoms with Gasteiger partial charge in [-0.1, -0.05) is 53.2 Å². The van der Waals surface area contributed by atoms with Crippen LogP contribution in [0.15, 0.2) is 65.2 Å². The van der Waals surface area contributed by atoms with Gasteiger partial charge in [-0.3, -0.25) is 4.79 Å². The second-order valence-corrected chi connectivity index (χ2v) is 8.93. The van der Waals surface area contributed by atoms with Gasteiger partial charge in [-0.25, -0.2) is 9.67 Å². The Bertz CT molecular complexity index is 1530. The van der Waals surface area contributed by atoms with Crippen molar-refractivity contribution in [1.82, 2.24) is 24.8 Å². The van der Waals surface area contributed by atoms with E-state index in [0.717, 1.165) is 33.8 Å². The van der Waals surface area contributed by atoms with Crippen LogP contribution in [0.25, 0.3) is 28.0 Å². The molecular weight excluding hydrogens is 438 g/mol. The van der Waals surface area contributed by atoms with Crippen LogP contribution < -0.4 is 0 Å². The summed E-state index contributed by atoms with van der Waals surface area (Å²) in [7, 11) is 1.81. The number of fused-ring (bicyclic) bond motifs is 1. The van der Waals surface area contributed by atoms with Crippen molar-refractivity contribution in [2.24, 2.45) is 0 Å². The van der Waals surface area contributed by atoms with Crippen molar-refractivity contribution < 1.29 is 9.32 Å². The summed E-state index contributed by atoms with van der Waals surface area (Å²) in [6.45, 7) is 8.30. The number of para-hydroxylation sites is 1. The highest BCUT2D eigenvalue weighted by molar-refractivity contribution is 6.06. The molecule has 0 aliphatic carbocycles. The van der Waals surface area contributed by atoms with Crippen molar-refractivity contribution in [2.75, 3.05) is 7.05 Å². The molecule has 7 heteroatoms. The van der Waals surface area contributed by atoms with Crippen molar-refractivity contribution in [2.45, 2.75) is 34.2 Å². The number of carbonyl (C=O) groups excluding carboxylic acids is 1. The number of hydrogen-bond donors (Lipinski definition) is 0. The van der Waals surface area contributed by atoms with Crippen LogP contribution in [0.3, 0.4) is 0 Å². The van der Waals surface area contributed by atoms with E-state index in [1.165, 1.54) is 0 Å². The van der Waals surface area contributed by atoms with Gasteiger partial charge in [0.05, 0.1) is 33.7 Å². The molecule has 0 bridgehead atoms. The van der Waals surface area contributed by atoms with Crippen LogP contribution in [0.4, 0.5) is 0 Å². The number of hydrogen-bond acceptors (Lipinski definition) is 5. The monoisotopic (exact) mass is 465 g/mol. The zero-order valence-electron chi connectivity index (χ0n) is 20.5. The van der Waals surface area contributed by atoms with E-state index < -0.39 is 0 Å². The van der Waals surface area contributed by atoms with E-state index in [0.29, 0.717) is 34.6 Å². The van der Waals surface area contributed by atoms with Crippen LogP contribution in [0.1, 0.15) is 38.6 Å². The first-order valence-electron chi connectivity index (χ1n) is 11.5. The minimum atomic E-state index is -0.122. The Labute approximate surface area is 204 Å². The largest absolute Gasteiger partial charge is 0.337 e. The van der Waals surface area contributed by atoms with E-state index in [-0.39, 0.29) is 5.91 Å². The summed E-state index contributed by atoms with van der Waals surface area (Å²) in [6, 6.07) is 19.9. The number of benzene rings is 2. The van der Waals surface area contributed by atoms with Gasteiger partial charge in [0.1, 0.15) is 0 Å². The third-order valence-electron chi connectivity index (χ3n) is 6.38. The predicted octanol–water partition coefficient (Wildman–Crippen LogP) is 5.58. The smallest absolute Gasteiger partial charge is 0.259 e. The molecule has 0 atom stereocenters. The van der Waals surface area contributed by atoms with Crippen LogP contribution in [-0.2, 0) is 6.54 Å². The van der Waals surface area contributed by atoms with E-state index in [2.05, 4.69) is 10.1 Å². The summed E-state index contributed by atoms with van der Waals surface area (Å²) in [6.07, 6.45) is 0. The lowest BCUT2D eigenvalue weighted by atomic mass is 10.0. The first-order valence-corrected chi connectivity index (χ1v) is 11.5.